The van der Waals surface area contributed by atoms with Gasteiger partial charge in [0, 0.05) is 5.39 Å². The van der Waals surface area contributed by atoms with Gasteiger partial charge in [0.1, 0.15) is 4.34 Å². The van der Waals surface area contributed by atoms with Crippen molar-refractivity contribution in [3.8, 4) is 12.3 Å². The number of halogens is 2. The van der Waals surface area contributed by atoms with Crippen LogP contribution >= 0.6 is 45.9 Å². The average Bonchev–Trinajstić information content (AvgIpc) is 3.15. The first-order valence-electron chi connectivity index (χ1n) is 7.57. The SMILES string of the molecule is C#CCn1c(=NC(=O)c2cc(Cl)sc2Cl)sc2c3ccccc3ccc21. The minimum atomic E-state index is -0.431. The van der Waals surface area contributed by atoms with Crippen LogP contribution in [0.2, 0.25) is 8.67 Å². The molecule has 2 heterocycles. The molecule has 7 heteroatoms. The molecule has 0 aliphatic carbocycles. The van der Waals surface area contributed by atoms with Crippen LogP contribution in [-0.2, 0) is 6.54 Å². The first-order chi connectivity index (χ1) is 12.6. The third-order valence-corrected chi connectivity index (χ3v) is 6.52. The summed E-state index contributed by atoms with van der Waals surface area (Å²) in [6, 6.07) is 13.7. The Labute approximate surface area is 167 Å². The molecule has 0 aliphatic rings. The molecule has 0 fully saturated rings. The third-order valence-electron chi connectivity index (χ3n) is 3.91. The van der Waals surface area contributed by atoms with Gasteiger partial charge in [-0.15, -0.1) is 17.8 Å². The van der Waals surface area contributed by atoms with Crippen molar-refractivity contribution in [2.24, 2.45) is 4.99 Å². The van der Waals surface area contributed by atoms with Crippen LogP contribution in [0.1, 0.15) is 10.4 Å². The smallest absolute Gasteiger partial charge is 0.282 e. The van der Waals surface area contributed by atoms with E-state index in [0.29, 0.717) is 25.6 Å². The van der Waals surface area contributed by atoms with Gasteiger partial charge in [-0.3, -0.25) is 4.79 Å². The zero-order valence-corrected chi connectivity index (χ0v) is 16.3. The summed E-state index contributed by atoms with van der Waals surface area (Å²) in [7, 11) is 0. The maximum absolute atomic E-state index is 12.6. The van der Waals surface area contributed by atoms with E-state index in [1.165, 1.54) is 17.4 Å². The van der Waals surface area contributed by atoms with E-state index in [-0.39, 0.29) is 0 Å². The second kappa shape index (κ2) is 6.90. The molecule has 2 aromatic heterocycles. The quantitative estimate of drug-likeness (QED) is 0.391. The molecule has 0 unspecified atom stereocenters. The molecule has 4 aromatic rings. The predicted molar refractivity (Wildman–Crippen MR) is 110 cm³/mol. The lowest BCUT2D eigenvalue weighted by atomic mass is 10.1. The number of hydrogen-bond acceptors (Lipinski definition) is 3. The molecule has 0 bridgehead atoms. The van der Waals surface area contributed by atoms with Gasteiger partial charge in [-0.2, -0.15) is 4.99 Å². The largest absolute Gasteiger partial charge is 0.305 e. The number of hydrogen-bond donors (Lipinski definition) is 0. The second-order valence-electron chi connectivity index (χ2n) is 5.46. The van der Waals surface area contributed by atoms with Gasteiger partial charge in [0.2, 0.25) is 0 Å². The summed E-state index contributed by atoms with van der Waals surface area (Å²) in [6.07, 6.45) is 5.53. The summed E-state index contributed by atoms with van der Waals surface area (Å²) >= 11 is 14.6. The van der Waals surface area contributed by atoms with Crippen LogP contribution in [0.25, 0.3) is 21.0 Å². The Bertz CT molecular complexity index is 1270. The van der Waals surface area contributed by atoms with Gasteiger partial charge in [0.05, 0.1) is 26.7 Å². The number of aromatic nitrogens is 1. The third kappa shape index (κ3) is 2.95. The first-order valence-corrected chi connectivity index (χ1v) is 9.96. The number of carbonyl (C=O) groups is 1. The standard InChI is InChI=1S/C19H10Cl2N2OS2/c1-2-9-23-14-8-7-11-5-3-4-6-12(11)16(14)26-19(23)22-18(24)13-10-15(20)25-17(13)21/h1,3-8,10H,9H2. The second-order valence-corrected chi connectivity index (χ2v) is 8.73. The highest BCUT2D eigenvalue weighted by molar-refractivity contribution is 7.20. The monoisotopic (exact) mass is 416 g/mol. The van der Waals surface area contributed by atoms with E-state index in [4.69, 9.17) is 29.6 Å². The molecule has 0 spiro atoms. The van der Waals surface area contributed by atoms with E-state index in [1.54, 1.807) is 0 Å². The molecule has 26 heavy (non-hydrogen) atoms. The van der Waals surface area contributed by atoms with Crippen molar-refractivity contribution in [3.05, 3.63) is 61.5 Å². The number of amides is 1. The van der Waals surface area contributed by atoms with E-state index in [2.05, 4.69) is 23.0 Å². The van der Waals surface area contributed by atoms with Crippen molar-refractivity contribution in [3.63, 3.8) is 0 Å². The minimum Gasteiger partial charge on any atom is -0.305 e. The fourth-order valence-electron chi connectivity index (χ4n) is 2.76. The Morgan fingerprint density at radius 3 is 2.73 bits per heavy atom. The van der Waals surface area contributed by atoms with E-state index in [9.17, 15) is 4.79 Å². The summed E-state index contributed by atoms with van der Waals surface area (Å²) in [5.74, 6) is 2.20. The summed E-state index contributed by atoms with van der Waals surface area (Å²) < 4.78 is 3.69. The lowest BCUT2D eigenvalue weighted by molar-refractivity contribution is 0.0998. The normalized spacial score (nSPS) is 12.0. The van der Waals surface area contributed by atoms with Crippen LogP contribution < -0.4 is 4.80 Å². The highest BCUT2D eigenvalue weighted by atomic mass is 35.5. The van der Waals surface area contributed by atoms with E-state index >= 15 is 0 Å². The van der Waals surface area contributed by atoms with Crippen LogP contribution in [0.3, 0.4) is 0 Å². The van der Waals surface area contributed by atoms with Crippen molar-refractivity contribution in [1.29, 1.82) is 0 Å². The lowest BCUT2D eigenvalue weighted by Gasteiger charge is -2.02. The number of thiophene rings is 1. The molecular formula is C19H10Cl2N2OS2. The number of nitrogens with zero attached hydrogens (tertiary/aromatic N) is 2. The van der Waals surface area contributed by atoms with Crippen molar-refractivity contribution < 1.29 is 4.79 Å². The van der Waals surface area contributed by atoms with Gasteiger partial charge in [-0.05, 0) is 17.5 Å². The van der Waals surface area contributed by atoms with Gasteiger partial charge in [-0.1, -0.05) is 70.8 Å². The molecule has 3 nitrogen and oxygen atoms in total. The number of carbonyl (C=O) groups excluding carboxylic acids is 1. The zero-order valence-electron chi connectivity index (χ0n) is 13.2. The topological polar surface area (TPSA) is 34.4 Å². The van der Waals surface area contributed by atoms with Crippen molar-refractivity contribution >= 4 is 72.8 Å². The lowest BCUT2D eigenvalue weighted by Crippen LogP contribution is -2.16. The van der Waals surface area contributed by atoms with Crippen molar-refractivity contribution in [2.45, 2.75) is 6.54 Å². The van der Waals surface area contributed by atoms with Gasteiger partial charge in [-0.25, -0.2) is 0 Å². The Kier molecular flexibility index (Phi) is 4.60. The number of fused-ring (bicyclic) bond motifs is 3. The number of benzene rings is 2. The van der Waals surface area contributed by atoms with E-state index in [1.807, 2.05) is 28.8 Å². The molecule has 0 atom stereocenters. The fraction of sp³-hybridized carbons (Fsp3) is 0.0526. The van der Waals surface area contributed by atoms with E-state index in [0.717, 1.165) is 32.3 Å². The van der Waals surface area contributed by atoms with Crippen LogP contribution in [0, 0.1) is 12.3 Å². The summed E-state index contributed by atoms with van der Waals surface area (Å²) in [6.45, 7) is 0.322. The fourth-order valence-corrected chi connectivity index (χ4v) is 5.37. The average molecular weight is 417 g/mol. The molecule has 1 amide bonds. The summed E-state index contributed by atoms with van der Waals surface area (Å²) in [5, 5.41) is 2.23. The van der Waals surface area contributed by atoms with E-state index < -0.39 is 5.91 Å². The highest BCUT2D eigenvalue weighted by Crippen LogP contribution is 2.32. The molecule has 2 aromatic carbocycles. The molecule has 0 aliphatic heterocycles. The minimum absolute atomic E-state index is 0.302. The molecule has 4 rings (SSSR count). The molecule has 0 saturated carbocycles. The molecule has 128 valence electrons. The summed E-state index contributed by atoms with van der Waals surface area (Å²) in [5.41, 5.74) is 1.25. The Morgan fingerprint density at radius 2 is 2.00 bits per heavy atom. The van der Waals surface area contributed by atoms with Gasteiger partial charge >= 0.3 is 0 Å². The summed E-state index contributed by atoms with van der Waals surface area (Å²) in [4.78, 5) is 17.4. The van der Waals surface area contributed by atoms with Gasteiger partial charge in [0.15, 0.2) is 4.80 Å². The van der Waals surface area contributed by atoms with Crippen molar-refractivity contribution in [2.75, 3.05) is 0 Å². The van der Waals surface area contributed by atoms with Crippen LogP contribution in [0.4, 0.5) is 0 Å². The Hall–Kier alpha value is -2.10. The van der Waals surface area contributed by atoms with Crippen LogP contribution in [0.5, 0.6) is 0 Å². The molecule has 0 saturated heterocycles. The number of rotatable bonds is 2. The molecular weight excluding hydrogens is 407 g/mol. The molecule has 0 radical (unpaired) electrons. The predicted octanol–water partition coefficient (Wildman–Crippen LogP) is 5.60. The number of terminal acetylenes is 1. The first kappa shape index (κ1) is 17.3. The van der Waals surface area contributed by atoms with Gasteiger partial charge in [0.25, 0.3) is 5.91 Å². The maximum atomic E-state index is 12.6. The highest BCUT2D eigenvalue weighted by Gasteiger charge is 2.15. The molecule has 0 N–H and O–H groups in total. The zero-order chi connectivity index (χ0) is 18.3. The van der Waals surface area contributed by atoms with Crippen LogP contribution in [-0.4, -0.2) is 10.5 Å². The Balaban J connectivity index is 1.98. The van der Waals surface area contributed by atoms with Crippen LogP contribution in [0.15, 0.2) is 47.5 Å². The maximum Gasteiger partial charge on any atom is 0.282 e. The van der Waals surface area contributed by atoms with Gasteiger partial charge < -0.3 is 4.57 Å². The number of thiazole rings is 1. The van der Waals surface area contributed by atoms with Crippen molar-refractivity contribution in [1.82, 2.24) is 4.57 Å². The Morgan fingerprint density at radius 1 is 1.19 bits per heavy atom.